The smallest absolute Gasteiger partial charge is 0.134 e. The Morgan fingerprint density at radius 1 is 1.38 bits per heavy atom. The molecule has 0 saturated carbocycles. The van der Waals surface area contributed by atoms with E-state index in [4.69, 9.17) is 0 Å². The lowest BCUT2D eigenvalue weighted by atomic mass is 9.99. The lowest BCUT2D eigenvalue weighted by Gasteiger charge is -2.19. The highest BCUT2D eigenvalue weighted by molar-refractivity contribution is 7.99. The third kappa shape index (κ3) is 3.18. The molecule has 0 aromatic carbocycles. The molecule has 0 spiro atoms. The van der Waals surface area contributed by atoms with E-state index in [-0.39, 0.29) is 0 Å². The molecule has 1 saturated heterocycles. The normalized spacial score (nSPS) is 19.9. The summed E-state index contributed by atoms with van der Waals surface area (Å²) >= 11 is 3.85. The molecule has 1 N–H and O–H groups in total. The van der Waals surface area contributed by atoms with E-state index in [1.165, 1.54) is 29.4 Å². The first kappa shape index (κ1) is 12.3. The first-order valence-corrected chi connectivity index (χ1v) is 7.84. The van der Waals surface area contributed by atoms with Crippen molar-refractivity contribution in [3.05, 3.63) is 10.0 Å². The molecule has 90 valence electrons. The van der Waals surface area contributed by atoms with Crippen LogP contribution in [0, 0.1) is 5.92 Å². The third-order valence-corrected chi connectivity index (χ3v) is 5.27. The maximum absolute atomic E-state index is 4.30. The summed E-state index contributed by atoms with van der Waals surface area (Å²) in [4.78, 5) is 0. The molecule has 1 aliphatic heterocycles. The monoisotopic (exact) mass is 257 g/mol. The van der Waals surface area contributed by atoms with Gasteiger partial charge in [0.2, 0.25) is 0 Å². The highest BCUT2D eigenvalue weighted by atomic mass is 32.2. The number of nitrogens with one attached hydrogen (secondary N) is 1. The molecule has 0 bridgehead atoms. The van der Waals surface area contributed by atoms with Gasteiger partial charge in [-0.3, -0.25) is 0 Å². The van der Waals surface area contributed by atoms with Gasteiger partial charge in [0.05, 0.1) is 6.04 Å². The predicted molar refractivity (Wildman–Crippen MR) is 71.1 cm³/mol. The van der Waals surface area contributed by atoms with Crippen LogP contribution in [0.2, 0.25) is 0 Å². The zero-order chi connectivity index (χ0) is 11.4. The SMILES string of the molecule is CNC(C)c1nnc(CC2CCSCC2)s1. The Balaban J connectivity index is 1.91. The highest BCUT2D eigenvalue weighted by Crippen LogP contribution is 2.27. The van der Waals surface area contributed by atoms with Crippen molar-refractivity contribution in [2.24, 2.45) is 5.92 Å². The Morgan fingerprint density at radius 3 is 2.81 bits per heavy atom. The van der Waals surface area contributed by atoms with Gasteiger partial charge in [0.1, 0.15) is 10.0 Å². The molecule has 1 aromatic rings. The Kier molecular flexibility index (Phi) is 4.61. The topological polar surface area (TPSA) is 37.8 Å². The maximum Gasteiger partial charge on any atom is 0.134 e. The van der Waals surface area contributed by atoms with Crippen molar-refractivity contribution in [2.45, 2.75) is 32.2 Å². The van der Waals surface area contributed by atoms with Gasteiger partial charge in [-0.15, -0.1) is 10.2 Å². The molecule has 2 rings (SSSR count). The highest BCUT2D eigenvalue weighted by Gasteiger charge is 2.17. The van der Waals surface area contributed by atoms with Crippen LogP contribution < -0.4 is 5.32 Å². The van der Waals surface area contributed by atoms with Gasteiger partial charge < -0.3 is 5.32 Å². The van der Waals surface area contributed by atoms with Crippen LogP contribution >= 0.6 is 23.1 Å². The number of hydrogen-bond acceptors (Lipinski definition) is 5. The standard InChI is InChI=1S/C11H19N3S2/c1-8(12-2)11-14-13-10(16-11)7-9-3-5-15-6-4-9/h8-9,12H,3-7H2,1-2H3. The molecule has 0 aliphatic carbocycles. The van der Waals surface area contributed by atoms with Gasteiger partial charge in [0.25, 0.3) is 0 Å². The molecule has 1 aromatic heterocycles. The van der Waals surface area contributed by atoms with Gasteiger partial charge in [0.15, 0.2) is 0 Å². The predicted octanol–water partition coefficient (Wildman–Crippen LogP) is 2.50. The minimum Gasteiger partial charge on any atom is -0.311 e. The average Bonchev–Trinajstić information content (AvgIpc) is 2.78. The number of aromatic nitrogens is 2. The first-order valence-electron chi connectivity index (χ1n) is 5.87. The average molecular weight is 257 g/mol. The van der Waals surface area contributed by atoms with E-state index in [1.54, 1.807) is 11.3 Å². The van der Waals surface area contributed by atoms with Crippen molar-refractivity contribution < 1.29 is 0 Å². The van der Waals surface area contributed by atoms with Crippen molar-refractivity contribution >= 4 is 23.1 Å². The minimum absolute atomic E-state index is 0.327. The van der Waals surface area contributed by atoms with E-state index in [2.05, 4.69) is 34.2 Å². The van der Waals surface area contributed by atoms with Crippen molar-refractivity contribution in [3.63, 3.8) is 0 Å². The van der Waals surface area contributed by atoms with Crippen LogP contribution in [0.1, 0.15) is 35.8 Å². The summed E-state index contributed by atoms with van der Waals surface area (Å²) in [6.45, 7) is 2.13. The molecule has 5 heteroatoms. The van der Waals surface area contributed by atoms with Crippen LogP contribution in [0.5, 0.6) is 0 Å². The molecule has 1 unspecified atom stereocenters. The molecular weight excluding hydrogens is 238 g/mol. The fraction of sp³-hybridized carbons (Fsp3) is 0.818. The van der Waals surface area contributed by atoms with E-state index >= 15 is 0 Å². The van der Waals surface area contributed by atoms with Gasteiger partial charge in [-0.25, -0.2) is 0 Å². The summed E-state index contributed by atoms with van der Waals surface area (Å²) in [5.41, 5.74) is 0. The van der Waals surface area contributed by atoms with Gasteiger partial charge in [0, 0.05) is 6.42 Å². The van der Waals surface area contributed by atoms with E-state index in [0.29, 0.717) is 6.04 Å². The van der Waals surface area contributed by atoms with E-state index in [0.717, 1.165) is 17.3 Å². The molecule has 1 atom stereocenters. The molecule has 2 heterocycles. The maximum atomic E-state index is 4.30. The largest absolute Gasteiger partial charge is 0.311 e. The second-order valence-corrected chi connectivity index (χ2v) is 6.62. The first-order chi connectivity index (χ1) is 7.79. The van der Waals surface area contributed by atoms with E-state index < -0.39 is 0 Å². The van der Waals surface area contributed by atoms with E-state index in [1.807, 2.05) is 7.05 Å². The lowest BCUT2D eigenvalue weighted by molar-refractivity contribution is 0.485. The van der Waals surface area contributed by atoms with Crippen LogP contribution in [0.15, 0.2) is 0 Å². The van der Waals surface area contributed by atoms with Crippen LogP contribution in [0.3, 0.4) is 0 Å². The van der Waals surface area contributed by atoms with Crippen molar-refractivity contribution in [2.75, 3.05) is 18.6 Å². The summed E-state index contributed by atoms with van der Waals surface area (Å²) in [5, 5.41) is 14.1. The summed E-state index contributed by atoms with van der Waals surface area (Å²) in [5.74, 6) is 3.49. The number of hydrogen-bond donors (Lipinski definition) is 1. The van der Waals surface area contributed by atoms with Crippen molar-refractivity contribution in [1.82, 2.24) is 15.5 Å². The number of nitrogens with zero attached hydrogens (tertiary/aromatic N) is 2. The fourth-order valence-electron chi connectivity index (χ4n) is 1.85. The Morgan fingerprint density at radius 2 is 2.12 bits per heavy atom. The fourth-order valence-corrected chi connectivity index (χ4v) is 4.07. The summed E-state index contributed by atoms with van der Waals surface area (Å²) in [6.07, 6.45) is 3.83. The summed E-state index contributed by atoms with van der Waals surface area (Å²) < 4.78 is 0. The van der Waals surface area contributed by atoms with Crippen molar-refractivity contribution in [3.8, 4) is 0 Å². The molecule has 0 amide bonds. The van der Waals surface area contributed by atoms with Crippen LogP contribution in [-0.2, 0) is 6.42 Å². The van der Waals surface area contributed by atoms with Crippen LogP contribution in [0.4, 0.5) is 0 Å². The lowest BCUT2D eigenvalue weighted by Crippen LogP contribution is -2.12. The summed E-state index contributed by atoms with van der Waals surface area (Å²) in [6, 6.07) is 0.327. The van der Waals surface area contributed by atoms with Crippen LogP contribution in [-0.4, -0.2) is 28.8 Å². The molecule has 0 radical (unpaired) electrons. The van der Waals surface area contributed by atoms with Gasteiger partial charge >= 0.3 is 0 Å². The minimum atomic E-state index is 0.327. The third-order valence-electron chi connectivity index (χ3n) is 3.09. The Labute approximate surface area is 105 Å². The van der Waals surface area contributed by atoms with Crippen molar-refractivity contribution in [1.29, 1.82) is 0 Å². The Bertz CT molecular complexity index is 321. The molecular formula is C11H19N3S2. The van der Waals surface area contributed by atoms with Gasteiger partial charge in [-0.1, -0.05) is 11.3 Å². The second kappa shape index (κ2) is 5.98. The number of rotatable bonds is 4. The molecule has 1 fully saturated rings. The zero-order valence-electron chi connectivity index (χ0n) is 9.90. The molecule has 16 heavy (non-hydrogen) atoms. The molecule has 1 aliphatic rings. The number of thioether (sulfide) groups is 1. The quantitative estimate of drug-likeness (QED) is 0.899. The molecule has 3 nitrogen and oxygen atoms in total. The van der Waals surface area contributed by atoms with E-state index in [9.17, 15) is 0 Å². The summed E-state index contributed by atoms with van der Waals surface area (Å²) in [7, 11) is 1.96. The van der Waals surface area contributed by atoms with Gasteiger partial charge in [-0.05, 0) is 44.2 Å². The van der Waals surface area contributed by atoms with Crippen LogP contribution in [0.25, 0.3) is 0 Å². The zero-order valence-corrected chi connectivity index (χ0v) is 11.5. The second-order valence-electron chi connectivity index (χ2n) is 4.30. The van der Waals surface area contributed by atoms with Gasteiger partial charge in [-0.2, -0.15) is 11.8 Å². The Hall–Kier alpha value is -0.130.